The zero-order valence-electron chi connectivity index (χ0n) is 21.8. The topological polar surface area (TPSA) is 97.3 Å². The first-order valence-electron chi connectivity index (χ1n) is 13.1. The Morgan fingerprint density at radius 3 is 2.49 bits per heavy atom. The van der Waals surface area contributed by atoms with Gasteiger partial charge in [-0.3, -0.25) is 0 Å². The maximum absolute atomic E-state index is 13.3. The molecular weight excluding hydrogens is 535 g/mol. The van der Waals surface area contributed by atoms with E-state index in [1.165, 1.54) is 24.5 Å². The predicted octanol–water partition coefficient (Wildman–Crippen LogP) is 6.82. The van der Waals surface area contributed by atoms with Gasteiger partial charge in [0, 0.05) is 18.8 Å². The fraction of sp³-hybridized carbons (Fsp3) is 0.233. The second kappa shape index (κ2) is 11.1. The van der Waals surface area contributed by atoms with Gasteiger partial charge in [0.15, 0.2) is 5.65 Å². The molecule has 0 saturated carbocycles. The molecule has 3 aromatic carbocycles. The van der Waals surface area contributed by atoms with Gasteiger partial charge in [-0.1, -0.05) is 24.3 Å². The van der Waals surface area contributed by atoms with Crippen molar-refractivity contribution in [2.75, 3.05) is 18.9 Å². The number of ether oxygens (including phenoxy) is 3. The van der Waals surface area contributed by atoms with E-state index in [1.54, 1.807) is 24.3 Å². The summed E-state index contributed by atoms with van der Waals surface area (Å²) in [5, 5.41) is 5.59. The number of hydrogen-bond acceptors (Lipinski definition) is 7. The lowest BCUT2D eigenvalue weighted by atomic mass is 10.1. The molecule has 0 amide bonds. The van der Waals surface area contributed by atoms with E-state index in [-0.39, 0.29) is 18.4 Å². The third-order valence-electron chi connectivity index (χ3n) is 6.90. The Balaban J connectivity index is 1.19. The first-order valence-corrected chi connectivity index (χ1v) is 13.1. The monoisotopic (exact) mass is 561 g/mol. The number of anilines is 1. The molecule has 0 unspecified atom stereocenters. The molecule has 0 aliphatic carbocycles. The standard InChI is InChI=1S/C30H26F3N5O3/c31-30(32,33)24-6-1-2-7-25(24)40-17-19-4-3-5-23(16-19)41-22-10-8-20(9-11-22)27-26-28(34)35-18-36-29(26)38(37-27)21-12-14-39-15-13-21/h1-11,16,18,21H,12-15,17H2,(H2,34,35,36). The van der Waals surface area contributed by atoms with Gasteiger partial charge in [-0.25, -0.2) is 14.6 Å². The van der Waals surface area contributed by atoms with E-state index in [4.69, 9.17) is 25.0 Å². The zero-order chi connectivity index (χ0) is 28.4. The number of halogens is 3. The molecule has 1 aliphatic heterocycles. The largest absolute Gasteiger partial charge is 0.488 e. The van der Waals surface area contributed by atoms with E-state index in [9.17, 15) is 13.2 Å². The highest BCUT2D eigenvalue weighted by Crippen LogP contribution is 2.37. The minimum absolute atomic E-state index is 0.0461. The van der Waals surface area contributed by atoms with Crippen molar-refractivity contribution in [3.63, 3.8) is 0 Å². The van der Waals surface area contributed by atoms with Crippen LogP contribution in [0, 0.1) is 0 Å². The van der Waals surface area contributed by atoms with Gasteiger partial charge in [0.2, 0.25) is 0 Å². The second-order valence-corrected chi connectivity index (χ2v) is 9.65. The maximum atomic E-state index is 13.3. The minimum atomic E-state index is -4.50. The molecule has 0 atom stereocenters. The molecule has 1 fully saturated rings. The van der Waals surface area contributed by atoms with E-state index < -0.39 is 11.7 Å². The number of aromatic nitrogens is 4. The van der Waals surface area contributed by atoms with Crippen LogP contribution in [0.1, 0.15) is 30.0 Å². The van der Waals surface area contributed by atoms with Gasteiger partial charge in [-0.2, -0.15) is 18.3 Å². The number of nitrogens with zero attached hydrogens (tertiary/aromatic N) is 4. The number of nitrogen functional groups attached to an aromatic ring is 1. The molecule has 41 heavy (non-hydrogen) atoms. The van der Waals surface area contributed by atoms with Gasteiger partial charge in [0.05, 0.1) is 17.0 Å². The molecular formula is C30H26F3N5O3. The number of benzene rings is 3. The average Bonchev–Trinajstić information content (AvgIpc) is 3.38. The van der Waals surface area contributed by atoms with E-state index >= 15 is 0 Å². The molecule has 0 spiro atoms. The van der Waals surface area contributed by atoms with Crippen molar-refractivity contribution in [2.45, 2.75) is 31.7 Å². The van der Waals surface area contributed by atoms with Crippen molar-refractivity contribution in [2.24, 2.45) is 0 Å². The fourth-order valence-corrected chi connectivity index (χ4v) is 4.89. The summed E-state index contributed by atoms with van der Waals surface area (Å²) in [6.45, 7) is 1.29. The molecule has 2 N–H and O–H groups in total. The lowest BCUT2D eigenvalue weighted by Gasteiger charge is -2.22. The summed E-state index contributed by atoms with van der Waals surface area (Å²) >= 11 is 0. The van der Waals surface area contributed by atoms with Crippen LogP contribution in [-0.2, 0) is 17.5 Å². The SMILES string of the molecule is Nc1ncnc2c1c(-c1ccc(Oc3cccc(COc4ccccc4C(F)(F)F)c3)cc1)nn2C1CCOCC1. The highest BCUT2D eigenvalue weighted by atomic mass is 19.4. The minimum Gasteiger partial charge on any atom is -0.488 e. The number of rotatable bonds is 7. The number of hydrogen-bond donors (Lipinski definition) is 1. The summed E-state index contributed by atoms with van der Waals surface area (Å²) < 4.78 is 58.8. The van der Waals surface area contributed by atoms with Gasteiger partial charge >= 0.3 is 6.18 Å². The highest BCUT2D eigenvalue weighted by molar-refractivity contribution is 5.98. The molecule has 210 valence electrons. The first-order chi connectivity index (χ1) is 19.9. The van der Waals surface area contributed by atoms with Gasteiger partial charge in [-0.05, 0) is 66.9 Å². The van der Waals surface area contributed by atoms with Crippen LogP contribution in [0.3, 0.4) is 0 Å². The summed E-state index contributed by atoms with van der Waals surface area (Å²) in [5.41, 5.74) is 8.32. The van der Waals surface area contributed by atoms with Crippen LogP contribution in [-0.4, -0.2) is 33.0 Å². The van der Waals surface area contributed by atoms with Gasteiger partial charge < -0.3 is 19.9 Å². The average molecular weight is 562 g/mol. The van der Waals surface area contributed by atoms with Crippen molar-refractivity contribution >= 4 is 16.9 Å². The molecule has 8 nitrogen and oxygen atoms in total. The summed E-state index contributed by atoms with van der Waals surface area (Å²) in [5.74, 6) is 1.24. The van der Waals surface area contributed by atoms with Crippen LogP contribution < -0.4 is 15.2 Å². The van der Waals surface area contributed by atoms with Gasteiger partial charge in [0.25, 0.3) is 0 Å². The number of nitrogens with two attached hydrogens (primary N) is 1. The van der Waals surface area contributed by atoms with Gasteiger partial charge in [-0.15, -0.1) is 0 Å². The Morgan fingerprint density at radius 2 is 1.71 bits per heavy atom. The van der Waals surface area contributed by atoms with Crippen molar-refractivity contribution in [1.29, 1.82) is 0 Å². The Labute approximate surface area is 233 Å². The Kier molecular flexibility index (Phi) is 7.19. The van der Waals surface area contributed by atoms with E-state index in [1.807, 2.05) is 28.9 Å². The lowest BCUT2D eigenvalue weighted by molar-refractivity contribution is -0.139. The maximum Gasteiger partial charge on any atom is 0.419 e. The second-order valence-electron chi connectivity index (χ2n) is 9.65. The summed E-state index contributed by atoms with van der Waals surface area (Å²) in [4.78, 5) is 8.66. The van der Waals surface area contributed by atoms with Crippen LogP contribution in [0.2, 0.25) is 0 Å². The smallest absolute Gasteiger partial charge is 0.419 e. The van der Waals surface area contributed by atoms with Crippen LogP contribution >= 0.6 is 0 Å². The summed E-state index contributed by atoms with van der Waals surface area (Å²) in [6, 6.07) is 19.7. The summed E-state index contributed by atoms with van der Waals surface area (Å²) in [7, 11) is 0. The van der Waals surface area contributed by atoms with Crippen LogP contribution in [0.5, 0.6) is 17.2 Å². The Hall–Kier alpha value is -4.64. The molecule has 2 aromatic heterocycles. The van der Waals surface area contributed by atoms with Crippen molar-refractivity contribution < 1.29 is 27.4 Å². The van der Waals surface area contributed by atoms with Crippen molar-refractivity contribution in [1.82, 2.24) is 19.7 Å². The number of fused-ring (bicyclic) bond motifs is 1. The van der Waals surface area contributed by atoms with Gasteiger partial charge in [0.1, 0.15) is 41.7 Å². The third-order valence-corrected chi connectivity index (χ3v) is 6.90. The normalized spacial score (nSPS) is 14.3. The molecule has 0 bridgehead atoms. The third kappa shape index (κ3) is 5.66. The molecule has 1 saturated heterocycles. The first kappa shape index (κ1) is 26.6. The summed E-state index contributed by atoms with van der Waals surface area (Å²) in [6.07, 6.45) is -1.37. The van der Waals surface area contributed by atoms with E-state index in [2.05, 4.69) is 9.97 Å². The van der Waals surface area contributed by atoms with Crippen LogP contribution in [0.15, 0.2) is 79.1 Å². The predicted molar refractivity (Wildman–Crippen MR) is 147 cm³/mol. The van der Waals surface area contributed by atoms with E-state index in [0.717, 1.165) is 24.5 Å². The van der Waals surface area contributed by atoms with Crippen molar-refractivity contribution in [3.8, 4) is 28.5 Å². The van der Waals surface area contributed by atoms with Crippen LogP contribution in [0.25, 0.3) is 22.3 Å². The molecule has 1 aliphatic rings. The zero-order valence-corrected chi connectivity index (χ0v) is 21.8. The number of alkyl halides is 3. The molecule has 5 aromatic rings. The molecule has 11 heteroatoms. The fourth-order valence-electron chi connectivity index (χ4n) is 4.89. The van der Waals surface area contributed by atoms with Crippen molar-refractivity contribution in [3.05, 3.63) is 90.3 Å². The Bertz CT molecular complexity index is 1660. The van der Waals surface area contributed by atoms with E-state index in [0.29, 0.717) is 52.8 Å². The molecule has 0 radical (unpaired) electrons. The molecule has 6 rings (SSSR count). The quantitative estimate of drug-likeness (QED) is 0.233. The highest BCUT2D eigenvalue weighted by Gasteiger charge is 2.34. The number of para-hydroxylation sites is 1. The lowest BCUT2D eigenvalue weighted by Crippen LogP contribution is -2.20. The molecule has 3 heterocycles. The van der Waals surface area contributed by atoms with Crippen LogP contribution in [0.4, 0.5) is 19.0 Å². The Morgan fingerprint density at radius 1 is 0.927 bits per heavy atom.